The lowest BCUT2D eigenvalue weighted by Crippen LogP contribution is -2.49. The fourth-order valence-corrected chi connectivity index (χ4v) is 3.53. The number of ether oxygens (including phenoxy) is 1. The van der Waals surface area contributed by atoms with Crippen molar-refractivity contribution in [3.05, 3.63) is 30.1 Å². The summed E-state index contributed by atoms with van der Waals surface area (Å²) in [5.41, 5.74) is 0.594. The van der Waals surface area contributed by atoms with Crippen LogP contribution in [0.1, 0.15) is 42.5 Å². The standard InChI is InChI=1S/C16H22N2O2/c19-16(13-6-8-17-9-7-13)20-12-14-4-3-11-18-10-2-1-5-15(14)18/h6-9,14-15H,1-5,10-12H2. The third-order valence-electron chi connectivity index (χ3n) is 4.57. The van der Waals surface area contributed by atoms with Gasteiger partial charge in [0, 0.05) is 24.4 Å². The normalized spacial score (nSPS) is 26.8. The van der Waals surface area contributed by atoms with Crippen LogP contribution in [0, 0.1) is 5.92 Å². The lowest BCUT2D eigenvalue weighted by atomic mass is 9.84. The quantitative estimate of drug-likeness (QED) is 0.794. The molecule has 0 N–H and O–H groups in total. The monoisotopic (exact) mass is 274 g/mol. The van der Waals surface area contributed by atoms with Gasteiger partial charge in [0.25, 0.3) is 0 Å². The highest BCUT2D eigenvalue weighted by molar-refractivity contribution is 5.89. The van der Waals surface area contributed by atoms with Crippen LogP contribution < -0.4 is 0 Å². The summed E-state index contributed by atoms with van der Waals surface area (Å²) in [7, 11) is 0. The number of fused-ring (bicyclic) bond motifs is 1. The second-order valence-corrected chi connectivity index (χ2v) is 5.84. The molecule has 3 heterocycles. The van der Waals surface area contributed by atoms with Gasteiger partial charge in [-0.2, -0.15) is 0 Å². The number of carbonyl (C=O) groups is 1. The molecule has 2 fully saturated rings. The fraction of sp³-hybridized carbons (Fsp3) is 0.625. The minimum absolute atomic E-state index is 0.222. The number of esters is 1. The van der Waals surface area contributed by atoms with Gasteiger partial charge < -0.3 is 4.74 Å². The number of nitrogens with zero attached hydrogens (tertiary/aromatic N) is 2. The molecule has 0 radical (unpaired) electrons. The van der Waals surface area contributed by atoms with Gasteiger partial charge in [0.1, 0.15) is 0 Å². The van der Waals surface area contributed by atoms with Crippen LogP contribution in [0.4, 0.5) is 0 Å². The van der Waals surface area contributed by atoms with Gasteiger partial charge in [-0.25, -0.2) is 4.79 Å². The van der Waals surface area contributed by atoms with Crippen LogP contribution in [0.25, 0.3) is 0 Å². The van der Waals surface area contributed by atoms with E-state index in [2.05, 4.69) is 9.88 Å². The number of hydrogen-bond donors (Lipinski definition) is 0. The Kier molecular flexibility index (Phi) is 4.31. The van der Waals surface area contributed by atoms with E-state index in [4.69, 9.17) is 4.74 Å². The molecule has 108 valence electrons. The van der Waals surface area contributed by atoms with Crippen molar-refractivity contribution in [1.82, 2.24) is 9.88 Å². The number of aromatic nitrogens is 1. The summed E-state index contributed by atoms with van der Waals surface area (Å²) in [6.07, 6.45) is 9.56. The molecule has 2 aliphatic rings. The summed E-state index contributed by atoms with van der Waals surface area (Å²) in [6, 6.07) is 4.04. The van der Waals surface area contributed by atoms with Gasteiger partial charge in [0.15, 0.2) is 0 Å². The smallest absolute Gasteiger partial charge is 0.338 e. The highest BCUT2D eigenvalue weighted by atomic mass is 16.5. The Morgan fingerprint density at radius 1 is 1.20 bits per heavy atom. The second-order valence-electron chi connectivity index (χ2n) is 5.84. The third-order valence-corrected chi connectivity index (χ3v) is 4.57. The predicted octanol–water partition coefficient (Wildman–Crippen LogP) is 2.50. The lowest BCUT2D eigenvalue weighted by molar-refractivity contribution is 0.00738. The molecule has 0 aliphatic carbocycles. The molecule has 1 aromatic rings. The Morgan fingerprint density at radius 2 is 2.00 bits per heavy atom. The topological polar surface area (TPSA) is 42.4 Å². The van der Waals surface area contributed by atoms with Crippen molar-refractivity contribution < 1.29 is 9.53 Å². The minimum atomic E-state index is -0.222. The van der Waals surface area contributed by atoms with Gasteiger partial charge in [-0.3, -0.25) is 9.88 Å². The van der Waals surface area contributed by atoms with Crippen LogP contribution in [-0.4, -0.2) is 41.6 Å². The molecule has 0 bridgehead atoms. The van der Waals surface area contributed by atoms with E-state index in [1.54, 1.807) is 24.5 Å². The van der Waals surface area contributed by atoms with E-state index in [-0.39, 0.29) is 5.97 Å². The first-order valence-electron chi connectivity index (χ1n) is 7.66. The molecule has 4 heteroatoms. The summed E-state index contributed by atoms with van der Waals surface area (Å²) in [6.45, 7) is 3.00. The highest BCUT2D eigenvalue weighted by Gasteiger charge is 2.33. The first-order chi connectivity index (χ1) is 9.84. The van der Waals surface area contributed by atoms with Crippen LogP contribution >= 0.6 is 0 Å². The van der Waals surface area contributed by atoms with Gasteiger partial charge >= 0.3 is 5.97 Å². The SMILES string of the molecule is O=C(OCC1CCCN2CCCCC12)c1ccncc1. The Hall–Kier alpha value is -1.42. The average molecular weight is 274 g/mol. The second kappa shape index (κ2) is 6.35. The molecule has 2 aliphatic heterocycles. The van der Waals surface area contributed by atoms with E-state index in [0.717, 1.165) is 0 Å². The maximum atomic E-state index is 12.0. The molecule has 2 unspecified atom stereocenters. The van der Waals surface area contributed by atoms with Crippen molar-refractivity contribution in [3.63, 3.8) is 0 Å². The maximum Gasteiger partial charge on any atom is 0.338 e. The lowest BCUT2D eigenvalue weighted by Gasteiger charge is -2.44. The molecule has 4 nitrogen and oxygen atoms in total. The number of rotatable bonds is 3. The van der Waals surface area contributed by atoms with E-state index in [9.17, 15) is 4.79 Å². The summed E-state index contributed by atoms with van der Waals surface area (Å²) >= 11 is 0. The zero-order chi connectivity index (χ0) is 13.8. The molecule has 0 aromatic carbocycles. The van der Waals surface area contributed by atoms with Crippen molar-refractivity contribution in [2.45, 2.75) is 38.1 Å². The zero-order valence-corrected chi connectivity index (χ0v) is 11.8. The van der Waals surface area contributed by atoms with Crippen molar-refractivity contribution in [2.75, 3.05) is 19.7 Å². The molecular weight excluding hydrogens is 252 g/mol. The minimum Gasteiger partial charge on any atom is -0.462 e. The van der Waals surface area contributed by atoms with E-state index in [1.807, 2.05) is 0 Å². The first kappa shape index (κ1) is 13.6. The average Bonchev–Trinajstić information content (AvgIpc) is 2.53. The molecule has 0 amide bonds. The van der Waals surface area contributed by atoms with E-state index < -0.39 is 0 Å². The van der Waals surface area contributed by atoms with Gasteiger partial charge in [-0.1, -0.05) is 6.42 Å². The number of carbonyl (C=O) groups excluding carboxylic acids is 1. The fourth-order valence-electron chi connectivity index (χ4n) is 3.53. The molecule has 0 saturated carbocycles. The largest absolute Gasteiger partial charge is 0.462 e. The van der Waals surface area contributed by atoms with Crippen LogP contribution in [0.5, 0.6) is 0 Å². The summed E-state index contributed by atoms with van der Waals surface area (Å²) < 4.78 is 5.52. The van der Waals surface area contributed by atoms with Crippen molar-refractivity contribution in [1.29, 1.82) is 0 Å². The third kappa shape index (κ3) is 3.01. The maximum absolute atomic E-state index is 12.0. The number of pyridine rings is 1. The molecule has 2 atom stereocenters. The molecule has 1 aromatic heterocycles. The van der Waals surface area contributed by atoms with Crippen LogP contribution in [0.2, 0.25) is 0 Å². The highest BCUT2D eigenvalue weighted by Crippen LogP contribution is 2.31. The predicted molar refractivity (Wildman–Crippen MR) is 76.5 cm³/mol. The van der Waals surface area contributed by atoms with Crippen molar-refractivity contribution in [2.24, 2.45) is 5.92 Å². The van der Waals surface area contributed by atoms with Crippen molar-refractivity contribution >= 4 is 5.97 Å². The van der Waals surface area contributed by atoms with Gasteiger partial charge in [-0.15, -0.1) is 0 Å². The molecule has 0 spiro atoms. The number of hydrogen-bond acceptors (Lipinski definition) is 4. The molecule has 2 saturated heterocycles. The Balaban J connectivity index is 1.56. The zero-order valence-electron chi connectivity index (χ0n) is 11.8. The number of piperidine rings is 2. The van der Waals surface area contributed by atoms with Gasteiger partial charge in [0.05, 0.1) is 12.2 Å². The van der Waals surface area contributed by atoms with E-state index >= 15 is 0 Å². The Morgan fingerprint density at radius 3 is 2.85 bits per heavy atom. The molecular formula is C16H22N2O2. The molecule has 3 rings (SSSR count). The Labute approximate surface area is 120 Å². The van der Waals surface area contributed by atoms with E-state index in [1.165, 1.54) is 45.2 Å². The van der Waals surface area contributed by atoms with E-state index in [0.29, 0.717) is 24.1 Å². The van der Waals surface area contributed by atoms with Gasteiger partial charge in [0.2, 0.25) is 0 Å². The van der Waals surface area contributed by atoms with Crippen LogP contribution in [0.15, 0.2) is 24.5 Å². The van der Waals surface area contributed by atoms with Crippen LogP contribution in [-0.2, 0) is 4.74 Å². The van der Waals surface area contributed by atoms with Gasteiger partial charge in [-0.05, 0) is 50.9 Å². The van der Waals surface area contributed by atoms with Crippen molar-refractivity contribution in [3.8, 4) is 0 Å². The summed E-state index contributed by atoms with van der Waals surface area (Å²) in [5.74, 6) is 0.287. The first-order valence-corrected chi connectivity index (χ1v) is 7.66. The van der Waals surface area contributed by atoms with Crippen LogP contribution in [0.3, 0.4) is 0 Å². The molecule has 20 heavy (non-hydrogen) atoms. The summed E-state index contributed by atoms with van der Waals surface area (Å²) in [5, 5.41) is 0. The Bertz CT molecular complexity index is 447. The summed E-state index contributed by atoms with van der Waals surface area (Å²) in [4.78, 5) is 18.5.